The van der Waals surface area contributed by atoms with E-state index in [1.165, 1.54) is 25.0 Å². The van der Waals surface area contributed by atoms with Crippen LogP contribution in [0.4, 0.5) is 4.39 Å². The van der Waals surface area contributed by atoms with Crippen LogP contribution in [0.25, 0.3) is 0 Å². The zero-order valence-corrected chi connectivity index (χ0v) is 12.8. The van der Waals surface area contributed by atoms with Crippen LogP contribution in [-0.4, -0.2) is 24.2 Å². The summed E-state index contributed by atoms with van der Waals surface area (Å²) in [6.07, 6.45) is 4.98. The van der Waals surface area contributed by atoms with Gasteiger partial charge >= 0.3 is 5.97 Å². The lowest BCUT2D eigenvalue weighted by atomic mass is 9.91. The normalized spacial score (nSPS) is 18.4. The van der Waals surface area contributed by atoms with Gasteiger partial charge in [0.25, 0.3) is 0 Å². The van der Waals surface area contributed by atoms with Crippen molar-refractivity contribution < 1.29 is 13.9 Å². The minimum Gasteiger partial charge on any atom is -0.465 e. The second kappa shape index (κ2) is 7.03. The van der Waals surface area contributed by atoms with Crippen molar-refractivity contribution in [2.24, 2.45) is 0 Å². The zero-order chi connectivity index (χ0) is 15.3. The van der Waals surface area contributed by atoms with E-state index in [1.54, 1.807) is 13.0 Å². The molecule has 0 amide bonds. The van der Waals surface area contributed by atoms with Crippen molar-refractivity contribution in [3.8, 4) is 0 Å². The lowest BCUT2D eigenvalue weighted by Crippen LogP contribution is -2.55. The number of carbonyl (C=O) groups excluding carboxylic acids is 1. The lowest BCUT2D eigenvalue weighted by Gasteiger charge is -2.32. The fraction of sp³-hybridized carbons (Fsp3) is 0.588. The first-order chi connectivity index (χ1) is 10.0. The highest BCUT2D eigenvalue weighted by molar-refractivity contribution is 5.81. The van der Waals surface area contributed by atoms with Crippen molar-refractivity contribution in [3.05, 3.63) is 35.6 Å². The second-order valence-corrected chi connectivity index (χ2v) is 5.98. The van der Waals surface area contributed by atoms with Gasteiger partial charge in [0.15, 0.2) is 0 Å². The van der Waals surface area contributed by atoms with Gasteiger partial charge in [-0.2, -0.15) is 0 Å². The summed E-state index contributed by atoms with van der Waals surface area (Å²) in [5.41, 5.74) is -0.00484. The molecule has 0 radical (unpaired) electrons. The van der Waals surface area contributed by atoms with Crippen molar-refractivity contribution in [1.82, 2.24) is 5.32 Å². The third-order valence-electron chi connectivity index (χ3n) is 4.05. The molecule has 1 aromatic carbocycles. The first-order valence-electron chi connectivity index (χ1n) is 7.73. The monoisotopic (exact) mass is 293 g/mol. The number of ether oxygens (including phenoxy) is 1. The van der Waals surface area contributed by atoms with Gasteiger partial charge in [0.2, 0.25) is 0 Å². The van der Waals surface area contributed by atoms with Gasteiger partial charge < -0.3 is 4.74 Å². The number of halogens is 1. The summed E-state index contributed by atoms with van der Waals surface area (Å²) in [6, 6.07) is 6.75. The standard InChI is InChI=1S/C17H24FNO2/c1-3-21-16(20)17(2,19-15-9-4-5-10-15)12-13-7-6-8-14(18)11-13/h6-8,11,15,19H,3-5,9-10,12H2,1-2H3. The third-order valence-corrected chi connectivity index (χ3v) is 4.05. The minimum absolute atomic E-state index is 0.263. The Balaban J connectivity index is 2.15. The topological polar surface area (TPSA) is 38.3 Å². The number of hydrogen-bond acceptors (Lipinski definition) is 3. The second-order valence-electron chi connectivity index (χ2n) is 5.98. The first kappa shape index (κ1) is 16.0. The van der Waals surface area contributed by atoms with Gasteiger partial charge in [-0.15, -0.1) is 0 Å². The van der Waals surface area contributed by atoms with Gasteiger partial charge in [-0.1, -0.05) is 25.0 Å². The van der Waals surface area contributed by atoms with E-state index in [2.05, 4.69) is 5.32 Å². The maximum Gasteiger partial charge on any atom is 0.326 e. The molecule has 1 aromatic rings. The van der Waals surface area contributed by atoms with E-state index in [4.69, 9.17) is 4.74 Å². The van der Waals surface area contributed by atoms with Crippen LogP contribution in [0, 0.1) is 5.82 Å². The van der Waals surface area contributed by atoms with E-state index in [1.807, 2.05) is 13.0 Å². The molecule has 1 unspecified atom stereocenters. The van der Waals surface area contributed by atoms with E-state index in [9.17, 15) is 9.18 Å². The predicted molar refractivity (Wildman–Crippen MR) is 80.5 cm³/mol. The third kappa shape index (κ3) is 4.27. The number of carbonyl (C=O) groups is 1. The van der Waals surface area contributed by atoms with Crippen LogP contribution in [0.2, 0.25) is 0 Å². The summed E-state index contributed by atoms with van der Waals surface area (Å²) < 4.78 is 18.6. The molecule has 2 rings (SSSR count). The minimum atomic E-state index is -0.807. The molecule has 0 saturated heterocycles. The highest BCUT2D eigenvalue weighted by Gasteiger charge is 2.37. The molecular formula is C17H24FNO2. The molecule has 0 aromatic heterocycles. The molecule has 1 N–H and O–H groups in total. The molecule has 0 heterocycles. The van der Waals surface area contributed by atoms with Gasteiger partial charge in [-0.3, -0.25) is 10.1 Å². The molecule has 4 heteroatoms. The highest BCUT2D eigenvalue weighted by atomic mass is 19.1. The molecule has 116 valence electrons. The molecule has 0 aliphatic heterocycles. The summed E-state index contributed by atoms with van der Waals surface area (Å²) in [5.74, 6) is -0.541. The van der Waals surface area contributed by atoms with E-state index in [-0.39, 0.29) is 11.8 Å². The molecule has 3 nitrogen and oxygen atoms in total. The van der Waals surface area contributed by atoms with Crippen LogP contribution in [0.15, 0.2) is 24.3 Å². The number of hydrogen-bond donors (Lipinski definition) is 1. The Morgan fingerprint density at radius 2 is 2.14 bits per heavy atom. The Kier molecular flexibility index (Phi) is 5.34. The molecule has 1 fully saturated rings. The van der Waals surface area contributed by atoms with Gasteiger partial charge in [0, 0.05) is 12.5 Å². The SMILES string of the molecule is CCOC(=O)C(C)(Cc1cccc(F)c1)NC1CCCC1. The van der Waals surface area contributed by atoms with E-state index in [0.29, 0.717) is 19.1 Å². The number of nitrogens with one attached hydrogen (secondary N) is 1. The largest absolute Gasteiger partial charge is 0.465 e. The Morgan fingerprint density at radius 1 is 1.43 bits per heavy atom. The average molecular weight is 293 g/mol. The number of esters is 1. The van der Waals surface area contributed by atoms with Crippen LogP contribution in [-0.2, 0) is 16.0 Å². The van der Waals surface area contributed by atoms with E-state index >= 15 is 0 Å². The molecule has 0 spiro atoms. The summed E-state index contributed by atoms with van der Waals surface area (Å²) >= 11 is 0. The zero-order valence-electron chi connectivity index (χ0n) is 12.8. The molecule has 1 aliphatic carbocycles. The van der Waals surface area contributed by atoms with Crippen LogP contribution in [0.5, 0.6) is 0 Å². The Bertz CT molecular complexity index is 485. The summed E-state index contributed by atoms with van der Waals surface area (Å²) in [4.78, 5) is 12.4. The van der Waals surface area contributed by atoms with Crippen molar-refractivity contribution in [3.63, 3.8) is 0 Å². The van der Waals surface area contributed by atoms with Crippen molar-refractivity contribution in [1.29, 1.82) is 0 Å². The summed E-state index contributed by atoms with van der Waals surface area (Å²) in [7, 11) is 0. The average Bonchev–Trinajstić information content (AvgIpc) is 2.91. The Morgan fingerprint density at radius 3 is 2.76 bits per heavy atom. The quantitative estimate of drug-likeness (QED) is 0.818. The van der Waals surface area contributed by atoms with Crippen molar-refractivity contribution in [2.45, 2.75) is 57.5 Å². The van der Waals surface area contributed by atoms with Crippen LogP contribution in [0.1, 0.15) is 45.1 Å². The molecule has 21 heavy (non-hydrogen) atoms. The van der Waals surface area contributed by atoms with Crippen molar-refractivity contribution >= 4 is 5.97 Å². The fourth-order valence-corrected chi connectivity index (χ4v) is 3.05. The molecule has 1 saturated carbocycles. The first-order valence-corrected chi connectivity index (χ1v) is 7.73. The van der Waals surface area contributed by atoms with Gasteiger partial charge in [0.1, 0.15) is 11.4 Å². The highest BCUT2D eigenvalue weighted by Crippen LogP contribution is 2.23. The number of rotatable bonds is 6. The molecule has 1 atom stereocenters. The van der Waals surface area contributed by atoms with Crippen LogP contribution >= 0.6 is 0 Å². The molecule has 1 aliphatic rings. The Labute approximate surface area is 125 Å². The van der Waals surface area contributed by atoms with Crippen LogP contribution < -0.4 is 5.32 Å². The molecular weight excluding hydrogens is 269 g/mol. The van der Waals surface area contributed by atoms with E-state index < -0.39 is 5.54 Å². The maximum atomic E-state index is 13.4. The maximum absolute atomic E-state index is 13.4. The smallest absolute Gasteiger partial charge is 0.326 e. The van der Waals surface area contributed by atoms with Crippen molar-refractivity contribution in [2.75, 3.05) is 6.61 Å². The lowest BCUT2D eigenvalue weighted by molar-refractivity contribution is -0.150. The van der Waals surface area contributed by atoms with Gasteiger partial charge in [-0.05, 0) is 44.4 Å². The number of benzene rings is 1. The Hall–Kier alpha value is -1.42. The fourth-order valence-electron chi connectivity index (χ4n) is 3.05. The van der Waals surface area contributed by atoms with Crippen LogP contribution in [0.3, 0.4) is 0 Å². The van der Waals surface area contributed by atoms with Gasteiger partial charge in [0.05, 0.1) is 6.61 Å². The summed E-state index contributed by atoms with van der Waals surface area (Å²) in [6.45, 7) is 4.01. The predicted octanol–water partition coefficient (Wildman–Crippen LogP) is 3.22. The van der Waals surface area contributed by atoms with E-state index in [0.717, 1.165) is 18.4 Å². The van der Waals surface area contributed by atoms with Gasteiger partial charge in [-0.25, -0.2) is 4.39 Å². The summed E-state index contributed by atoms with van der Waals surface area (Å²) in [5, 5.41) is 3.45. The molecule has 0 bridgehead atoms.